The van der Waals surface area contributed by atoms with E-state index >= 15 is 0 Å². The number of benzene rings is 2. The maximum atomic E-state index is 13.6. The summed E-state index contributed by atoms with van der Waals surface area (Å²) in [6, 6.07) is 11.3. The van der Waals surface area contributed by atoms with Crippen molar-refractivity contribution in [2.45, 2.75) is 25.0 Å². The number of aromatic nitrogens is 4. The molecule has 8 nitrogen and oxygen atoms in total. The number of hydrogen-bond acceptors (Lipinski definition) is 7. The molecule has 0 radical (unpaired) electrons. The highest BCUT2D eigenvalue weighted by molar-refractivity contribution is 6.00. The average molecular weight is 455 g/mol. The van der Waals surface area contributed by atoms with Gasteiger partial charge in [0.1, 0.15) is 11.6 Å². The molecule has 0 amide bonds. The first-order valence-electron chi connectivity index (χ1n) is 9.97. The van der Waals surface area contributed by atoms with Gasteiger partial charge in [0.2, 0.25) is 0 Å². The number of aryl methyl sites for hydroxylation is 1. The van der Waals surface area contributed by atoms with Crippen molar-refractivity contribution in [3.63, 3.8) is 0 Å². The van der Waals surface area contributed by atoms with Gasteiger partial charge in [0.15, 0.2) is 5.82 Å². The lowest BCUT2D eigenvalue weighted by Gasteiger charge is -2.15. The molecule has 33 heavy (non-hydrogen) atoms. The minimum atomic E-state index is -1.43. The summed E-state index contributed by atoms with van der Waals surface area (Å²) < 4.78 is 28.6. The van der Waals surface area contributed by atoms with Crippen molar-refractivity contribution in [1.29, 1.82) is 0 Å². The first-order chi connectivity index (χ1) is 15.7. The normalized spacial score (nSPS) is 13.1. The van der Waals surface area contributed by atoms with Gasteiger partial charge in [-0.15, -0.1) is 5.10 Å². The van der Waals surface area contributed by atoms with Crippen molar-refractivity contribution in [2.24, 2.45) is 7.05 Å². The predicted octanol–water partition coefficient (Wildman–Crippen LogP) is 1.26. The van der Waals surface area contributed by atoms with Crippen LogP contribution in [0.5, 0.6) is 0 Å². The Bertz CT molecular complexity index is 1110. The number of tetrazole rings is 1. The van der Waals surface area contributed by atoms with Crippen molar-refractivity contribution in [3.05, 3.63) is 89.3 Å². The standard InChI is InChI=1S/C23H22F2N4O4/c1-29-23(26-27-28-29)20(11-10-18(30)12-19(31)13-21(32)33)22(14-2-6-16(24)7-3-14)15-4-8-17(25)9-5-15/h2-11,18-19,30-31H,12-13H2,1H3,(H,32,33)/p-1/b11-10+/t18-,19-/m1/s1. The summed E-state index contributed by atoms with van der Waals surface area (Å²) in [5.74, 6) is -2.00. The third-order valence-electron chi connectivity index (χ3n) is 4.80. The second-order valence-electron chi connectivity index (χ2n) is 7.32. The molecule has 0 fully saturated rings. The van der Waals surface area contributed by atoms with Crippen molar-refractivity contribution in [3.8, 4) is 0 Å². The minimum Gasteiger partial charge on any atom is -0.550 e. The summed E-state index contributed by atoms with van der Waals surface area (Å²) in [7, 11) is 1.61. The van der Waals surface area contributed by atoms with Gasteiger partial charge >= 0.3 is 0 Å². The Kier molecular flexibility index (Phi) is 7.75. The highest BCUT2D eigenvalue weighted by Crippen LogP contribution is 2.32. The zero-order valence-corrected chi connectivity index (χ0v) is 17.6. The summed E-state index contributed by atoms with van der Waals surface area (Å²) in [6.07, 6.45) is -0.473. The number of halogens is 2. The number of carboxylic acid groups (broad SMARTS) is 1. The van der Waals surface area contributed by atoms with Gasteiger partial charge in [-0.25, -0.2) is 13.5 Å². The van der Waals surface area contributed by atoms with Gasteiger partial charge < -0.3 is 20.1 Å². The molecule has 2 N–H and O–H groups in total. The molecule has 1 heterocycles. The Morgan fingerprint density at radius 3 is 2.06 bits per heavy atom. The molecule has 3 aromatic rings. The molecule has 10 heteroatoms. The van der Waals surface area contributed by atoms with Crippen LogP contribution in [-0.2, 0) is 11.8 Å². The van der Waals surface area contributed by atoms with E-state index in [0.717, 1.165) is 0 Å². The zero-order chi connectivity index (χ0) is 24.0. The molecule has 172 valence electrons. The lowest BCUT2D eigenvalue weighted by molar-refractivity contribution is -0.307. The number of aliphatic hydroxyl groups is 2. The molecule has 0 aliphatic carbocycles. The number of aliphatic carboxylic acids is 1. The van der Waals surface area contributed by atoms with Crippen LogP contribution >= 0.6 is 0 Å². The van der Waals surface area contributed by atoms with Crippen LogP contribution in [0.25, 0.3) is 11.1 Å². The third-order valence-corrected chi connectivity index (χ3v) is 4.80. The zero-order valence-electron chi connectivity index (χ0n) is 17.6. The summed E-state index contributed by atoms with van der Waals surface area (Å²) in [5.41, 5.74) is 2.12. The van der Waals surface area contributed by atoms with Gasteiger partial charge in [0.25, 0.3) is 0 Å². The Hall–Kier alpha value is -3.76. The molecule has 1 aromatic heterocycles. The van der Waals surface area contributed by atoms with E-state index in [0.29, 0.717) is 28.1 Å². The fourth-order valence-electron chi connectivity index (χ4n) is 3.28. The molecule has 3 rings (SSSR count). The maximum Gasteiger partial charge on any atom is 0.182 e. The summed E-state index contributed by atoms with van der Waals surface area (Å²) >= 11 is 0. The highest BCUT2D eigenvalue weighted by Gasteiger charge is 2.18. The smallest absolute Gasteiger partial charge is 0.182 e. The van der Waals surface area contributed by atoms with Crippen LogP contribution in [0, 0.1) is 11.6 Å². The number of carbonyl (C=O) groups excluding carboxylic acids is 1. The largest absolute Gasteiger partial charge is 0.550 e. The number of nitrogens with zero attached hydrogens (tertiary/aromatic N) is 4. The molecule has 0 unspecified atom stereocenters. The second kappa shape index (κ2) is 10.7. The van der Waals surface area contributed by atoms with Crippen molar-refractivity contribution >= 4 is 17.1 Å². The molecular weight excluding hydrogens is 434 g/mol. The fraction of sp³-hybridized carbons (Fsp3) is 0.217. The van der Waals surface area contributed by atoms with Crippen LogP contribution in [0.4, 0.5) is 8.78 Å². The summed E-state index contributed by atoms with van der Waals surface area (Å²) in [5, 5.41) is 42.2. The number of aliphatic hydroxyl groups excluding tert-OH is 2. The Balaban J connectivity index is 2.13. The number of hydrogen-bond donors (Lipinski definition) is 2. The van der Waals surface area contributed by atoms with Crippen LogP contribution in [0.2, 0.25) is 0 Å². The molecule has 0 bridgehead atoms. The molecule has 0 aliphatic heterocycles. The summed E-state index contributed by atoms with van der Waals surface area (Å²) in [6.45, 7) is 0. The van der Waals surface area contributed by atoms with E-state index in [2.05, 4.69) is 15.5 Å². The minimum absolute atomic E-state index is 0.239. The van der Waals surface area contributed by atoms with Crippen LogP contribution in [0.3, 0.4) is 0 Å². The Morgan fingerprint density at radius 1 is 1.06 bits per heavy atom. The number of rotatable bonds is 9. The Morgan fingerprint density at radius 2 is 1.61 bits per heavy atom. The molecular formula is C23H21F2N4O4-. The predicted molar refractivity (Wildman–Crippen MR) is 113 cm³/mol. The second-order valence-corrected chi connectivity index (χ2v) is 7.32. The van der Waals surface area contributed by atoms with E-state index < -0.39 is 36.2 Å². The lowest BCUT2D eigenvalue weighted by Crippen LogP contribution is -2.29. The molecule has 0 spiro atoms. The first kappa shape index (κ1) is 23.9. The monoisotopic (exact) mass is 455 g/mol. The van der Waals surface area contributed by atoms with Gasteiger partial charge in [0, 0.05) is 31.4 Å². The topological polar surface area (TPSA) is 124 Å². The van der Waals surface area contributed by atoms with Crippen LogP contribution < -0.4 is 5.11 Å². The van der Waals surface area contributed by atoms with Gasteiger partial charge in [-0.1, -0.05) is 36.4 Å². The van der Waals surface area contributed by atoms with E-state index in [1.54, 1.807) is 31.3 Å². The first-order valence-corrected chi connectivity index (χ1v) is 9.97. The van der Waals surface area contributed by atoms with Crippen molar-refractivity contribution in [2.75, 3.05) is 0 Å². The summed E-state index contributed by atoms with van der Waals surface area (Å²) in [4.78, 5) is 10.6. The highest BCUT2D eigenvalue weighted by atomic mass is 19.1. The van der Waals surface area contributed by atoms with Crippen LogP contribution in [0.1, 0.15) is 29.8 Å². The average Bonchev–Trinajstić information content (AvgIpc) is 3.18. The van der Waals surface area contributed by atoms with E-state index in [9.17, 15) is 28.9 Å². The van der Waals surface area contributed by atoms with E-state index in [-0.39, 0.29) is 6.42 Å². The molecule has 0 saturated carbocycles. The molecule has 0 aliphatic rings. The SMILES string of the molecule is Cn1nnnc1C(/C=C/[C@@H](O)C[C@@H](O)CC(=O)[O-])=C(c1ccc(F)cc1)c1ccc(F)cc1. The quantitative estimate of drug-likeness (QED) is 0.466. The Labute approximate surface area is 188 Å². The van der Waals surface area contributed by atoms with E-state index in [4.69, 9.17) is 0 Å². The fourth-order valence-corrected chi connectivity index (χ4v) is 3.28. The van der Waals surface area contributed by atoms with Crippen LogP contribution in [0.15, 0.2) is 60.7 Å². The number of carboxylic acids is 1. The van der Waals surface area contributed by atoms with Crippen molar-refractivity contribution in [1.82, 2.24) is 20.2 Å². The van der Waals surface area contributed by atoms with E-state index in [1.807, 2.05) is 0 Å². The lowest BCUT2D eigenvalue weighted by atomic mass is 9.91. The molecule has 0 saturated heterocycles. The third kappa shape index (κ3) is 6.37. The van der Waals surface area contributed by atoms with Gasteiger partial charge in [-0.2, -0.15) is 0 Å². The van der Waals surface area contributed by atoms with Gasteiger partial charge in [-0.05, 0) is 51.4 Å². The van der Waals surface area contributed by atoms with Gasteiger partial charge in [-0.3, -0.25) is 0 Å². The number of allylic oxidation sites excluding steroid dienone is 2. The molecule has 2 atom stereocenters. The molecule has 2 aromatic carbocycles. The van der Waals surface area contributed by atoms with E-state index in [1.165, 1.54) is 41.1 Å². The van der Waals surface area contributed by atoms with Gasteiger partial charge in [0.05, 0.1) is 12.2 Å². The maximum absolute atomic E-state index is 13.6. The van der Waals surface area contributed by atoms with Crippen molar-refractivity contribution < 1.29 is 28.9 Å². The number of carbonyl (C=O) groups is 1. The van der Waals surface area contributed by atoms with Crippen LogP contribution in [-0.4, -0.2) is 48.6 Å².